The second kappa shape index (κ2) is 9.95. The van der Waals surface area contributed by atoms with Crippen LogP contribution in [0, 0.1) is 5.41 Å². The van der Waals surface area contributed by atoms with Crippen LogP contribution in [0.3, 0.4) is 0 Å². The SMILES string of the molecule is CC(C)c1ccc2c(CCC(C)(C)CN(Cl)S(=O)(=O)c3ccccc3)cc(S(=O)(=O)O)c-2cc1. The van der Waals surface area contributed by atoms with Gasteiger partial charge in [-0.05, 0) is 70.8 Å². The van der Waals surface area contributed by atoms with Gasteiger partial charge in [0, 0.05) is 12.1 Å². The molecule has 0 aromatic heterocycles. The Morgan fingerprint density at radius 3 is 2.09 bits per heavy atom. The van der Waals surface area contributed by atoms with Crippen molar-refractivity contribution in [3.8, 4) is 11.1 Å². The Kier molecular flexibility index (Phi) is 7.79. The van der Waals surface area contributed by atoms with Crippen molar-refractivity contribution < 1.29 is 21.4 Å². The molecule has 0 spiro atoms. The summed E-state index contributed by atoms with van der Waals surface area (Å²) in [6.45, 7) is 7.99. The molecule has 1 N–H and O–H groups in total. The van der Waals surface area contributed by atoms with Crippen molar-refractivity contribution in [2.45, 2.75) is 56.2 Å². The van der Waals surface area contributed by atoms with Crippen LogP contribution in [-0.2, 0) is 26.6 Å². The first-order valence-electron chi connectivity index (χ1n) is 11.0. The summed E-state index contributed by atoms with van der Waals surface area (Å²) < 4.78 is 60.3. The van der Waals surface area contributed by atoms with Crippen LogP contribution in [0.25, 0.3) is 11.1 Å². The third-order valence-electron chi connectivity index (χ3n) is 5.96. The zero-order valence-corrected chi connectivity index (χ0v) is 22.1. The van der Waals surface area contributed by atoms with Crippen LogP contribution >= 0.6 is 11.8 Å². The topological polar surface area (TPSA) is 91.8 Å². The molecule has 184 valence electrons. The maximum absolute atomic E-state index is 12.8. The Hall–Kier alpha value is -1.97. The van der Waals surface area contributed by atoms with Crippen LogP contribution in [0.15, 0.2) is 70.5 Å². The van der Waals surface area contributed by atoms with E-state index < -0.39 is 25.6 Å². The molecule has 0 bridgehead atoms. The standard InChI is InChI=1S/C25H30ClNO5S2/c1-18(2)19-10-12-22-20(16-24(34(30,31)32)23(22)13-11-19)14-15-25(3,4)17-27(26)33(28,29)21-8-6-5-7-9-21/h5-13,16,18H,14-15,17H2,1-4H3,(H,30,31,32). The first kappa shape index (κ1) is 26.6. The molecule has 0 unspecified atom stereocenters. The lowest BCUT2D eigenvalue weighted by Gasteiger charge is -2.28. The van der Waals surface area contributed by atoms with Crippen molar-refractivity contribution in [1.82, 2.24) is 3.82 Å². The summed E-state index contributed by atoms with van der Waals surface area (Å²) >= 11 is 6.23. The minimum absolute atomic E-state index is 0.0703. The molecule has 2 aliphatic carbocycles. The smallest absolute Gasteiger partial charge is 0.282 e. The third-order valence-corrected chi connectivity index (χ3v) is 9.04. The molecule has 0 amide bonds. The maximum Gasteiger partial charge on any atom is 0.295 e. The van der Waals surface area contributed by atoms with Crippen molar-refractivity contribution in [1.29, 1.82) is 0 Å². The summed E-state index contributed by atoms with van der Waals surface area (Å²) in [6, 6.07) is 17.0. The van der Waals surface area contributed by atoms with Gasteiger partial charge >= 0.3 is 0 Å². The molecule has 0 aliphatic heterocycles. The van der Waals surface area contributed by atoms with Gasteiger partial charge in [-0.25, -0.2) is 8.42 Å². The molecule has 0 fully saturated rings. The van der Waals surface area contributed by atoms with Gasteiger partial charge in [-0.2, -0.15) is 8.42 Å². The lowest BCUT2D eigenvalue weighted by molar-refractivity contribution is 0.295. The summed E-state index contributed by atoms with van der Waals surface area (Å²) in [5.41, 5.74) is 2.52. The van der Waals surface area contributed by atoms with Crippen LogP contribution in [0.1, 0.15) is 51.2 Å². The minimum Gasteiger partial charge on any atom is -0.282 e. The summed E-state index contributed by atoms with van der Waals surface area (Å²) in [5, 5.41) is 0. The first-order valence-corrected chi connectivity index (χ1v) is 14.2. The largest absolute Gasteiger partial charge is 0.295 e. The monoisotopic (exact) mass is 523 g/mol. The van der Waals surface area contributed by atoms with Crippen molar-refractivity contribution in [3.05, 3.63) is 71.8 Å². The van der Waals surface area contributed by atoms with E-state index in [-0.39, 0.29) is 22.3 Å². The van der Waals surface area contributed by atoms with Gasteiger partial charge in [0.2, 0.25) is 0 Å². The Labute approximate surface area is 207 Å². The van der Waals surface area contributed by atoms with Crippen molar-refractivity contribution in [2.24, 2.45) is 5.41 Å². The van der Waals surface area contributed by atoms with Gasteiger partial charge in [0.05, 0.1) is 4.90 Å². The molecule has 0 heterocycles. The van der Waals surface area contributed by atoms with E-state index in [1.165, 1.54) is 18.2 Å². The molecule has 0 saturated carbocycles. The summed E-state index contributed by atoms with van der Waals surface area (Å²) in [7, 11) is -8.24. The fourth-order valence-corrected chi connectivity index (χ4v) is 6.45. The molecule has 9 heteroatoms. The molecule has 0 atom stereocenters. The summed E-state index contributed by atoms with van der Waals surface area (Å²) in [5.74, 6) is 0.259. The van der Waals surface area contributed by atoms with Gasteiger partial charge < -0.3 is 0 Å². The van der Waals surface area contributed by atoms with Crippen molar-refractivity contribution in [2.75, 3.05) is 6.54 Å². The number of fused-ring (bicyclic) bond motifs is 1. The average Bonchev–Trinajstić information content (AvgIpc) is 2.95. The van der Waals surface area contributed by atoms with Crippen LogP contribution in [0.2, 0.25) is 0 Å². The van der Waals surface area contributed by atoms with Crippen molar-refractivity contribution >= 4 is 31.9 Å². The minimum atomic E-state index is -4.40. The van der Waals surface area contributed by atoms with Gasteiger partial charge in [0.25, 0.3) is 20.1 Å². The number of sulfonamides is 1. The summed E-state index contributed by atoms with van der Waals surface area (Å²) in [4.78, 5) is 0.000849. The van der Waals surface area contributed by atoms with E-state index in [4.69, 9.17) is 11.8 Å². The highest BCUT2D eigenvalue weighted by molar-refractivity contribution is 7.90. The Morgan fingerprint density at radius 2 is 1.53 bits per heavy atom. The van der Waals surface area contributed by atoms with Gasteiger partial charge in [-0.3, -0.25) is 4.55 Å². The number of benzene rings is 1. The second-order valence-electron chi connectivity index (χ2n) is 9.59. The number of hydrogen-bond acceptors (Lipinski definition) is 4. The van der Waals surface area contributed by atoms with Crippen molar-refractivity contribution in [3.63, 3.8) is 0 Å². The lowest BCUT2D eigenvalue weighted by atomic mass is 9.86. The number of nitrogens with zero attached hydrogens (tertiary/aromatic N) is 1. The fourth-order valence-electron chi connectivity index (χ4n) is 3.89. The molecule has 1 aromatic carbocycles. The fraction of sp³-hybridized carbons (Fsp3) is 0.360. The van der Waals surface area contributed by atoms with Crippen LogP contribution < -0.4 is 0 Å². The molecule has 2 aliphatic rings. The van der Waals surface area contributed by atoms with Crippen LogP contribution in [0.5, 0.6) is 0 Å². The van der Waals surface area contributed by atoms with E-state index in [0.29, 0.717) is 18.4 Å². The van der Waals surface area contributed by atoms with Gasteiger partial charge in [0.1, 0.15) is 4.90 Å². The molecule has 6 nitrogen and oxygen atoms in total. The number of halogens is 1. The average molecular weight is 524 g/mol. The molecule has 1 aromatic rings. The predicted molar refractivity (Wildman–Crippen MR) is 135 cm³/mol. The normalized spacial score (nSPS) is 13.2. The molecule has 34 heavy (non-hydrogen) atoms. The molecule has 0 radical (unpaired) electrons. The highest BCUT2D eigenvalue weighted by Gasteiger charge is 2.31. The van der Waals surface area contributed by atoms with Gasteiger partial charge in [-0.1, -0.05) is 70.2 Å². The van der Waals surface area contributed by atoms with E-state index in [2.05, 4.69) is 13.8 Å². The maximum atomic E-state index is 12.8. The molecule has 3 rings (SSSR count). The molecular formula is C25H30ClNO5S2. The Bertz CT molecular complexity index is 1340. The highest BCUT2D eigenvalue weighted by Crippen LogP contribution is 2.38. The van der Waals surface area contributed by atoms with Crippen LogP contribution in [0.4, 0.5) is 0 Å². The van der Waals surface area contributed by atoms with E-state index in [1.54, 1.807) is 24.3 Å². The number of rotatable bonds is 9. The van der Waals surface area contributed by atoms with Gasteiger partial charge in [-0.15, -0.1) is 3.82 Å². The quantitative estimate of drug-likeness (QED) is 0.276. The van der Waals surface area contributed by atoms with Gasteiger partial charge in [0.15, 0.2) is 0 Å². The van der Waals surface area contributed by atoms with E-state index in [1.807, 2.05) is 32.0 Å². The van der Waals surface area contributed by atoms with E-state index >= 15 is 0 Å². The lowest BCUT2D eigenvalue weighted by Crippen LogP contribution is -2.32. The molecular weight excluding hydrogens is 494 g/mol. The first-order chi connectivity index (χ1) is 15.7. The Morgan fingerprint density at radius 1 is 0.941 bits per heavy atom. The zero-order chi connectivity index (χ0) is 25.3. The van der Waals surface area contributed by atoms with E-state index in [0.717, 1.165) is 20.5 Å². The Balaban J connectivity index is 1.86. The third kappa shape index (κ3) is 5.98. The molecule has 0 saturated heterocycles. The number of aryl methyl sites for hydroxylation is 1. The predicted octanol–water partition coefficient (Wildman–Crippen LogP) is 5.97. The highest BCUT2D eigenvalue weighted by atomic mass is 35.5. The van der Waals surface area contributed by atoms with E-state index in [9.17, 15) is 21.4 Å². The number of hydrogen-bond donors (Lipinski definition) is 1. The zero-order valence-electron chi connectivity index (χ0n) is 19.7. The summed E-state index contributed by atoms with van der Waals surface area (Å²) in [6.07, 6.45) is 1.02. The second-order valence-corrected chi connectivity index (χ2v) is 13.4. The van der Waals surface area contributed by atoms with Crippen LogP contribution in [-0.4, -0.2) is 31.8 Å².